The van der Waals surface area contributed by atoms with Crippen LogP contribution in [0.25, 0.3) is 11.3 Å². The number of ether oxygens (including phenoxy) is 1. The van der Waals surface area contributed by atoms with Crippen LogP contribution in [0.4, 0.5) is 5.69 Å². The fraction of sp³-hybridized carbons (Fsp3) is 0.438. The number of sulfonamides is 1. The molecule has 3 rings (SSSR count). The standard InChI is InChI=1S/C16H20N2O4S/c19-23(20,10-9-21-12-13-3-1-4-13)18-15-6-2-5-14(11-15)16-7-8-22-17-16/h2,5-8,11,13,18H,1,3-4,9-10,12H2. The molecule has 0 saturated heterocycles. The molecule has 1 heterocycles. The van der Waals surface area contributed by atoms with E-state index in [1.165, 1.54) is 25.5 Å². The van der Waals surface area contributed by atoms with Gasteiger partial charge in [0.25, 0.3) is 0 Å². The van der Waals surface area contributed by atoms with E-state index in [0.29, 0.717) is 23.9 Å². The minimum absolute atomic E-state index is 0.0477. The fourth-order valence-electron chi connectivity index (χ4n) is 2.41. The first-order chi connectivity index (χ1) is 11.1. The monoisotopic (exact) mass is 336 g/mol. The molecule has 0 atom stereocenters. The molecule has 124 valence electrons. The fourth-order valence-corrected chi connectivity index (χ4v) is 3.34. The van der Waals surface area contributed by atoms with Gasteiger partial charge in [-0.1, -0.05) is 23.7 Å². The van der Waals surface area contributed by atoms with Gasteiger partial charge in [0, 0.05) is 23.9 Å². The van der Waals surface area contributed by atoms with Crippen LogP contribution in [-0.2, 0) is 14.8 Å². The molecular weight excluding hydrogens is 316 g/mol. The zero-order valence-corrected chi connectivity index (χ0v) is 13.6. The van der Waals surface area contributed by atoms with Crippen LogP contribution in [-0.4, -0.2) is 32.5 Å². The number of anilines is 1. The Morgan fingerprint density at radius 2 is 2.17 bits per heavy atom. The molecule has 1 aliphatic carbocycles. The summed E-state index contributed by atoms with van der Waals surface area (Å²) in [4.78, 5) is 0. The van der Waals surface area contributed by atoms with Crippen molar-refractivity contribution < 1.29 is 17.7 Å². The highest BCUT2D eigenvalue weighted by Gasteiger charge is 2.18. The van der Waals surface area contributed by atoms with Gasteiger partial charge in [-0.3, -0.25) is 4.72 Å². The molecule has 1 aromatic carbocycles. The van der Waals surface area contributed by atoms with Crippen molar-refractivity contribution in [1.29, 1.82) is 0 Å². The highest BCUT2D eigenvalue weighted by atomic mass is 32.2. The van der Waals surface area contributed by atoms with E-state index in [1.807, 2.05) is 6.07 Å². The number of hydrogen-bond donors (Lipinski definition) is 1. The number of hydrogen-bond acceptors (Lipinski definition) is 5. The number of rotatable bonds is 8. The van der Waals surface area contributed by atoms with E-state index in [0.717, 1.165) is 5.56 Å². The third-order valence-electron chi connectivity index (χ3n) is 3.94. The van der Waals surface area contributed by atoms with Crippen molar-refractivity contribution in [2.24, 2.45) is 5.92 Å². The van der Waals surface area contributed by atoms with Crippen LogP contribution in [0.3, 0.4) is 0 Å². The maximum absolute atomic E-state index is 12.1. The van der Waals surface area contributed by atoms with Crippen molar-refractivity contribution in [3.8, 4) is 11.3 Å². The minimum atomic E-state index is -3.43. The molecule has 0 amide bonds. The number of nitrogens with zero attached hydrogens (tertiary/aromatic N) is 1. The van der Waals surface area contributed by atoms with Crippen molar-refractivity contribution in [2.45, 2.75) is 19.3 Å². The highest BCUT2D eigenvalue weighted by molar-refractivity contribution is 7.92. The second-order valence-corrected chi connectivity index (χ2v) is 7.60. The van der Waals surface area contributed by atoms with Gasteiger partial charge in [-0.2, -0.15) is 0 Å². The Labute approximate surface area is 135 Å². The third kappa shape index (κ3) is 4.56. The van der Waals surface area contributed by atoms with E-state index in [2.05, 4.69) is 9.88 Å². The van der Waals surface area contributed by atoms with Crippen LogP contribution in [0.2, 0.25) is 0 Å². The third-order valence-corrected chi connectivity index (χ3v) is 5.20. The summed E-state index contributed by atoms with van der Waals surface area (Å²) < 4.78 is 37.0. The SMILES string of the molecule is O=S(=O)(CCOCC1CCC1)Nc1cccc(-c2ccon2)c1. The molecule has 23 heavy (non-hydrogen) atoms. The van der Waals surface area contributed by atoms with Crippen molar-refractivity contribution >= 4 is 15.7 Å². The van der Waals surface area contributed by atoms with Crippen LogP contribution in [0.15, 0.2) is 41.1 Å². The molecule has 1 fully saturated rings. The summed E-state index contributed by atoms with van der Waals surface area (Å²) >= 11 is 0. The summed E-state index contributed by atoms with van der Waals surface area (Å²) in [7, 11) is -3.43. The first-order valence-corrected chi connectivity index (χ1v) is 9.37. The molecule has 7 heteroatoms. The van der Waals surface area contributed by atoms with Crippen LogP contribution < -0.4 is 4.72 Å². The molecule has 2 aromatic rings. The molecular formula is C16H20N2O4S. The average molecular weight is 336 g/mol. The van der Waals surface area contributed by atoms with E-state index in [1.54, 1.807) is 24.3 Å². The van der Waals surface area contributed by atoms with Gasteiger partial charge in [-0.15, -0.1) is 0 Å². The Kier molecular flexibility index (Phi) is 4.97. The van der Waals surface area contributed by atoms with Gasteiger partial charge in [-0.05, 0) is 30.9 Å². The van der Waals surface area contributed by atoms with Gasteiger partial charge in [0.15, 0.2) is 0 Å². The summed E-state index contributed by atoms with van der Waals surface area (Å²) in [6.45, 7) is 0.881. The lowest BCUT2D eigenvalue weighted by molar-refractivity contribution is 0.0800. The molecule has 1 aliphatic rings. The zero-order valence-electron chi connectivity index (χ0n) is 12.8. The topological polar surface area (TPSA) is 81.4 Å². The average Bonchev–Trinajstić information content (AvgIpc) is 2.99. The first kappa shape index (κ1) is 16.0. The summed E-state index contributed by atoms with van der Waals surface area (Å²) in [6, 6.07) is 8.77. The maximum atomic E-state index is 12.1. The second-order valence-electron chi connectivity index (χ2n) is 5.76. The molecule has 0 unspecified atom stereocenters. The molecule has 6 nitrogen and oxygen atoms in total. The van der Waals surface area contributed by atoms with Gasteiger partial charge < -0.3 is 9.26 Å². The van der Waals surface area contributed by atoms with Gasteiger partial charge in [0.05, 0.1) is 12.4 Å². The molecule has 0 spiro atoms. The van der Waals surface area contributed by atoms with Crippen molar-refractivity contribution in [3.05, 3.63) is 36.6 Å². The number of aromatic nitrogens is 1. The largest absolute Gasteiger partial charge is 0.380 e. The zero-order chi connectivity index (χ0) is 16.1. The Bertz CT molecular complexity index is 724. The Morgan fingerprint density at radius 3 is 2.87 bits per heavy atom. The van der Waals surface area contributed by atoms with E-state index < -0.39 is 10.0 Å². The minimum Gasteiger partial charge on any atom is -0.380 e. The predicted octanol–water partition coefficient (Wildman–Crippen LogP) is 2.90. The lowest BCUT2D eigenvalue weighted by Crippen LogP contribution is -2.23. The number of nitrogens with one attached hydrogen (secondary N) is 1. The highest BCUT2D eigenvalue weighted by Crippen LogP contribution is 2.26. The molecule has 0 bridgehead atoms. The van der Waals surface area contributed by atoms with E-state index in [-0.39, 0.29) is 12.4 Å². The van der Waals surface area contributed by atoms with E-state index >= 15 is 0 Å². The van der Waals surface area contributed by atoms with Gasteiger partial charge in [0.2, 0.25) is 10.0 Å². The summed E-state index contributed by atoms with van der Waals surface area (Å²) in [5.74, 6) is 0.568. The van der Waals surface area contributed by atoms with Gasteiger partial charge in [0.1, 0.15) is 12.0 Å². The van der Waals surface area contributed by atoms with E-state index in [4.69, 9.17) is 9.26 Å². The van der Waals surface area contributed by atoms with Crippen molar-refractivity contribution in [3.63, 3.8) is 0 Å². The smallest absolute Gasteiger partial charge is 0.234 e. The van der Waals surface area contributed by atoms with Crippen LogP contribution >= 0.6 is 0 Å². The van der Waals surface area contributed by atoms with Gasteiger partial charge >= 0.3 is 0 Å². The first-order valence-electron chi connectivity index (χ1n) is 7.71. The molecule has 1 aromatic heterocycles. The van der Waals surface area contributed by atoms with Crippen molar-refractivity contribution in [2.75, 3.05) is 23.7 Å². The Hall–Kier alpha value is -1.86. The van der Waals surface area contributed by atoms with Gasteiger partial charge in [-0.25, -0.2) is 8.42 Å². The Morgan fingerprint density at radius 1 is 1.30 bits per heavy atom. The Balaban J connectivity index is 1.53. The van der Waals surface area contributed by atoms with Crippen molar-refractivity contribution in [1.82, 2.24) is 5.16 Å². The summed E-state index contributed by atoms with van der Waals surface area (Å²) in [5, 5.41) is 3.84. The van der Waals surface area contributed by atoms with Crippen LogP contribution in [0.1, 0.15) is 19.3 Å². The second kappa shape index (κ2) is 7.14. The van der Waals surface area contributed by atoms with E-state index in [9.17, 15) is 8.42 Å². The maximum Gasteiger partial charge on any atom is 0.234 e. The molecule has 0 aliphatic heterocycles. The molecule has 0 radical (unpaired) electrons. The lowest BCUT2D eigenvalue weighted by Gasteiger charge is -2.24. The van der Waals surface area contributed by atoms with Crippen LogP contribution in [0, 0.1) is 5.92 Å². The summed E-state index contributed by atoms with van der Waals surface area (Å²) in [5.41, 5.74) is 1.96. The quantitative estimate of drug-likeness (QED) is 0.750. The number of benzene rings is 1. The summed E-state index contributed by atoms with van der Waals surface area (Å²) in [6.07, 6.45) is 5.13. The molecule has 1 N–H and O–H groups in total. The lowest BCUT2D eigenvalue weighted by atomic mass is 9.86. The van der Waals surface area contributed by atoms with Crippen LogP contribution in [0.5, 0.6) is 0 Å². The normalized spacial score (nSPS) is 15.3. The molecule has 1 saturated carbocycles. The predicted molar refractivity (Wildman–Crippen MR) is 87.5 cm³/mol.